The van der Waals surface area contributed by atoms with Gasteiger partial charge in [0.05, 0.1) is 0 Å². The first-order chi connectivity index (χ1) is 6.95. The summed E-state index contributed by atoms with van der Waals surface area (Å²) in [6, 6.07) is 0. The summed E-state index contributed by atoms with van der Waals surface area (Å²) in [5.74, 6) is -1.15. The van der Waals surface area contributed by atoms with Crippen molar-refractivity contribution in [2.45, 2.75) is 18.9 Å². The highest BCUT2D eigenvalue weighted by Crippen LogP contribution is 2.26. The fraction of sp³-hybridized carbons (Fsp3) is 0.667. The summed E-state index contributed by atoms with van der Waals surface area (Å²) in [5, 5.41) is 16.4. The molecule has 0 aromatic heterocycles. The normalized spacial score (nSPS) is 29.5. The van der Waals surface area contributed by atoms with E-state index in [4.69, 9.17) is 0 Å². The maximum absolute atomic E-state index is 11.5. The molecule has 0 aromatic carbocycles. The van der Waals surface area contributed by atoms with Crippen molar-refractivity contribution in [1.82, 2.24) is 10.6 Å². The van der Waals surface area contributed by atoms with E-state index in [2.05, 4.69) is 10.6 Å². The molecule has 6 heteroatoms. The van der Waals surface area contributed by atoms with Crippen LogP contribution in [0.15, 0.2) is 0 Å². The molecular weight excluding hydrogens is 198 g/mol. The Labute approximate surface area is 87.9 Å². The third kappa shape index (κ3) is 1.79. The highest BCUT2D eigenvalue weighted by atomic mass is 16.5. The van der Waals surface area contributed by atoms with Crippen LogP contribution in [0.4, 0.5) is 0 Å². The van der Waals surface area contributed by atoms with Gasteiger partial charge in [0, 0.05) is 27.4 Å². The molecule has 0 aliphatic carbocycles. The van der Waals surface area contributed by atoms with Crippen molar-refractivity contribution in [3.63, 3.8) is 0 Å². The lowest BCUT2D eigenvalue weighted by Crippen LogP contribution is -2.48. The Morgan fingerprint density at radius 2 is 2.07 bits per heavy atom. The highest BCUT2D eigenvalue weighted by molar-refractivity contribution is 5.96. The van der Waals surface area contributed by atoms with Crippen molar-refractivity contribution < 1.29 is 14.3 Å². The van der Waals surface area contributed by atoms with Crippen molar-refractivity contribution in [3.05, 3.63) is 5.21 Å². The highest BCUT2D eigenvalue weighted by Gasteiger charge is 2.50. The van der Waals surface area contributed by atoms with Crippen molar-refractivity contribution in [2.24, 2.45) is 5.92 Å². The smallest absolute Gasteiger partial charge is 0.292 e. The van der Waals surface area contributed by atoms with Crippen molar-refractivity contribution >= 4 is 18.0 Å². The first-order valence-corrected chi connectivity index (χ1v) is 4.71. The monoisotopic (exact) mass is 213 g/mol. The van der Waals surface area contributed by atoms with E-state index >= 15 is 0 Å². The predicted molar refractivity (Wildman–Crippen MR) is 54.3 cm³/mol. The lowest BCUT2D eigenvalue weighted by molar-refractivity contribution is -0.514. The third-order valence-corrected chi connectivity index (χ3v) is 2.72. The number of amides is 2. The number of rotatable bonds is 2. The molecule has 1 aliphatic heterocycles. The van der Waals surface area contributed by atoms with Gasteiger partial charge in [-0.2, -0.15) is 0 Å². The molecule has 0 spiro atoms. The largest absolute Gasteiger partial charge is 0.623 e. The standard InChI is InChI=1S/C9H15N3O3/c1-9(8(14)11-3)4-6(5-12(9)15)7(13)10-2/h5-6H,4H2,1-3H3,(H,10,13)(H,11,14). The van der Waals surface area contributed by atoms with Gasteiger partial charge in [-0.3, -0.25) is 9.59 Å². The van der Waals surface area contributed by atoms with Crippen LogP contribution < -0.4 is 10.6 Å². The molecule has 2 amide bonds. The maximum atomic E-state index is 11.5. The van der Waals surface area contributed by atoms with E-state index in [1.807, 2.05) is 0 Å². The zero-order chi connectivity index (χ0) is 11.6. The molecule has 1 rings (SSSR count). The number of carbonyl (C=O) groups excluding carboxylic acids is 2. The number of hydrogen-bond acceptors (Lipinski definition) is 3. The van der Waals surface area contributed by atoms with Gasteiger partial charge in [-0.25, -0.2) is 4.74 Å². The SMILES string of the molecule is CNC(=O)C1C=[N+]([O-])C(C)(C(=O)NC)C1. The van der Waals surface area contributed by atoms with Gasteiger partial charge in [0.25, 0.3) is 5.91 Å². The second-order valence-corrected chi connectivity index (χ2v) is 3.75. The summed E-state index contributed by atoms with van der Waals surface area (Å²) in [6.07, 6.45) is 1.45. The maximum Gasteiger partial charge on any atom is 0.292 e. The Bertz CT molecular complexity index is 327. The number of hydrogen-bond donors (Lipinski definition) is 2. The van der Waals surface area contributed by atoms with E-state index in [0.29, 0.717) is 4.74 Å². The van der Waals surface area contributed by atoms with E-state index in [1.54, 1.807) is 0 Å². The summed E-state index contributed by atoms with van der Waals surface area (Å²) in [7, 11) is 2.97. The number of nitrogens with one attached hydrogen (secondary N) is 2. The molecule has 0 saturated heterocycles. The Kier molecular flexibility index (Phi) is 2.97. The summed E-state index contributed by atoms with van der Waals surface area (Å²) >= 11 is 0. The first kappa shape index (κ1) is 11.5. The van der Waals surface area contributed by atoms with Crippen LogP contribution in [0.1, 0.15) is 13.3 Å². The fourth-order valence-electron chi connectivity index (χ4n) is 1.71. The second kappa shape index (κ2) is 3.88. The topological polar surface area (TPSA) is 84.3 Å². The molecule has 0 aromatic rings. The van der Waals surface area contributed by atoms with Crippen LogP contribution in [0.5, 0.6) is 0 Å². The van der Waals surface area contributed by atoms with Gasteiger partial charge in [0.2, 0.25) is 11.4 Å². The lowest BCUT2D eigenvalue weighted by Gasteiger charge is -2.21. The van der Waals surface area contributed by atoms with Crippen molar-refractivity contribution in [1.29, 1.82) is 0 Å². The lowest BCUT2D eigenvalue weighted by atomic mass is 9.92. The summed E-state index contributed by atoms with van der Waals surface area (Å²) in [5.41, 5.74) is -1.17. The minimum absolute atomic E-state index is 0.204. The molecule has 0 fully saturated rings. The van der Waals surface area contributed by atoms with Gasteiger partial charge in [-0.15, -0.1) is 0 Å². The van der Waals surface area contributed by atoms with Gasteiger partial charge in [0.1, 0.15) is 5.92 Å². The van der Waals surface area contributed by atoms with Gasteiger partial charge in [0.15, 0.2) is 6.21 Å². The summed E-state index contributed by atoms with van der Waals surface area (Å²) in [6.45, 7) is 1.53. The molecule has 6 nitrogen and oxygen atoms in total. The van der Waals surface area contributed by atoms with E-state index < -0.39 is 11.5 Å². The Balaban J connectivity index is 2.88. The van der Waals surface area contributed by atoms with E-state index in [9.17, 15) is 14.8 Å². The third-order valence-electron chi connectivity index (χ3n) is 2.72. The quantitative estimate of drug-likeness (QED) is 0.448. The Hall–Kier alpha value is -1.59. The molecule has 0 saturated carbocycles. The molecule has 2 unspecified atom stereocenters. The zero-order valence-corrected chi connectivity index (χ0v) is 9.03. The second-order valence-electron chi connectivity index (χ2n) is 3.75. The van der Waals surface area contributed by atoms with Crippen LogP contribution in [-0.2, 0) is 9.59 Å². The molecule has 2 N–H and O–H groups in total. The van der Waals surface area contributed by atoms with Crippen LogP contribution in [0.2, 0.25) is 0 Å². The Morgan fingerprint density at radius 1 is 1.47 bits per heavy atom. The minimum Gasteiger partial charge on any atom is -0.623 e. The molecule has 1 heterocycles. The zero-order valence-electron chi connectivity index (χ0n) is 9.03. The van der Waals surface area contributed by atoms with Crippen LogP contribution in [0, 0.1) is 11.1 Å². The molecule has 15 heavy (non-hydrogen) atoms. The van der Waals surface area contributed by atoms with E-state index in [-0.39, 0.29) is 18.2 Å². The molecular formula is C9H15N3O3. The Morgan fingerprint density at radius 3 is 2.53 bits per heavy atom. The average molecular weight is 213 g/mol. The van der Waals surface area contributed by atoms with Crippen molar-refractivity contribution in [2.75, 3.05) is 14.1 Å². The number of carbonyl (C=O) groups is 2. The molecule has 84 valence electrons. The van der Waals surface area contributed by atoms with Gasteiger partial charge >= 0.3 is 0 Å². The van der Waals surface area contributed by atoms with E-state index in [0.717, 1.165) is 0 Å². The predicted octanol–water partition coefficient (Wildman–Crippen LogP) is -1.16. The first-order valence-electron chi connectivity index (χ1n) is 4.71. The van der Waals surface area contributed by atoms with E-state index in [1.165, 1.54) is 27.2 Å². The van der Waals surface area contributed by atoms with Gasteiger partial charge in [-0.05, 0) is 0 Å². The fourth-order valence-corrected chi connectivity index (χ4v) is 1.71. The molecule has 0 radical (unpaired) electrons. The summed E-state index contributed by atoms with van der Waals surface area (Å²) in [4.78, 5) is 22.8. The minimum atomic E-state index is -1.17. The van der Waals surface area contributed by atoms with Gasteiger partial charge in [-0.1, -0.05) is 0 Å². The molecule has 2 atom stereocenters. The van der Waals surface area contributed by atoms with Gasteiger partial charge < -0.3 is 15.8 Å². The summed E-state index contributed by atoms with van der Waals surface area (Å²) < 4.78 is 0.561. The number of hydroxylamine groups is 1. The van der Waals surface area contributed by atoms with Crippen LogP contribution in [0.3, 0.4) is 0 Å². The van der Waals surface area contributed by atoms with Crippen LogP contribution in [0.25, 0.3) is 0 Å². The molecule has 0 bridgehead atoms. The van der Waals surface area contributed by atoms with Crippen molar-refractivity contribution in [3.8, 4) is 0 Å². The number of likely N-dealkylation sites (N-methyl/N-ethyl adjacent to an activating group) is 1. The number of nitrogens with zero attached hydrogens (tertiary/aromatic N) is 1. The average Bonchev–Trinajstić information content (AvgIpc) is 2.54. The molecule has 1 aliphatic rings. The van der Waals surface area contributed by atoms with Crippen LogP contribution >= 0.6 is 0 Å². The van der Waals surface area contributed by atoms with Crippen LogP contribution in [-0.4, -0.2) is 42.4 Å².